The van der Waals surface area contributed by atoms with Crippen LogP contribution in [0.15, 0.2) is 53.7 Å². The SMILES string of the molecule is CN=C(NCc1ccc(OC(C)C)nc1)NC(C)c1ccccc1. The number of rotatable bonds is 6. The Morgan fingerprint density at radius 1 is 1.12 bits per heavy atom. The molecule has 2 aromatic rings. The fourth-order valence-electron chi connectivity index (χ4n) is 2.24. The molecule has 128 valence electrons. The van der Waals surface area contributed by atoms with Crippen LogP contribution in [0, 0.1) is 0 Å². The molecule has 2 rings (SSSR count). The Labute approximate surface area is 144 Å². The van der Waals surface area contributed by atoms with Gasteiger partial charge in [0.25, 0.3) is 0 Å². The van der Waals surface area contributed by atoms with Crippen LogP contribution >= 0.6 is 0 Å². The standard InChI is InChI=1S/C19H26N4O/c1-14(2)24-18-11-10-16(12-21-18)13-22-19(20-4)23-15(3)17-8-6-5-7-9-17/h5-12,14-15H,13H2,1-4H3,(H2,20,22,23). The highest BCUT2D eigenvalue weighted by atomic mass is 16.5. The maximum absolute atomic E-state index is 5.55. The summed E-state index contributed by atoms with van der Waals surface area (Å²) >= 11 is 0. The van der Waals surface area contributed by atoms with E-state index in [2.05, 4.69) is 39.7 Å². The highest BCUT2D eigenvalue weighted by molar-refractivity contribution is 5.80. The number of pyridine rings is 1. The van der Waals surface area contributed by atoms with Gasteiger partial charge < -0.3 is 15.4 Å². The van der Waals surface area contributed by atoms with Crippen molar-refractivity contribution in [3.05, 3.63) is 59.8 Å². The van der Waals surface area contributed by atoms with Crippen LogP contribution in [-0.2, 0) is 6.54 Å². The van der Waals surface area contributed by atoms with E-state index >= 15 is 0 Å². The van der Waals surface area contributed by atoms with E-state index in [0.29, 0.717) is 12.4 Å². The van der Waals surface area contributed by atoms with Crippen LogP contribution in [0.5, 0.6) is 5.88 Å². The fraction of sp³-hybridized carbons (Fsp3) is 0.368. The zero-order chi connectivity index (χ0) is 17.4. The molecule has 0 aliphatic heterocycles. The molecule has 1 heterocycles. The van der Waals surface area contributed by atoms with Gasteiger partial charge >= 0.3 is 0 Å². The Morgan fingerprint density at radius 2 is 1.88 bits per heavy atom. The number of aromatic nitrogens is 1. The first-order valence-corrected chi connectivity index (χ1v) is 8.22. The van der Waals surface area contributed by atoms with Gasteiger partial charge in [0.05, 0.1) is 12.1 Å². The number of aliphatic imine (C=N–C) groups is 1. The van der Waals surface area contributed by atoms with E-state index in [-0.39, 0.29) is 12.1 Å². The Kier molecular flexibility index (Phi) is 6.61. The molecule has 0 saturated heterocycles. The van der Waals surface area contributed by atoms with Crippen molar-refractivity contribution < 1.29 is 4.74 Å². The molecule has 1 aromatic heterocycles. The second-order valence-electron chi connectivity index (χ2n) is 5.87. The van der Waals surface area contributed by atoms with Gasteiger partial charge in [-0.05, 0) is 31.9 Å². The van der Waals surface area contributed by atoms with Crippen molar-refractivity contribution in [2.24, 2.45) is 4.99 Å². The first-order valence-electron chi connectivity index (χ1n) is 8.22. The molecule has 1 unspecified atom stereocenters. The van der Waals surface area contributed by atoms with Crippen LogP contribution in [0.2, 0.25) is 0 Å². The predicted octanol–water partition coefficient (Wildman–Crippen LogP) is 3.30. The van der Waals surface area contributed by atoms with Crippen LogP contribution in [0.4, 0.5) is 0 Å². The highest BCUT2D eigenvalue weighted by Gasteiger charge is 2.07. The molecule has 5 heteroatoms. The monoisotopic (exact) mass is 326 g/mol. The van der Waals surface area contributed by atoms with E-state index in [4.69, 9.17) is 4.74 Å². The number of benzene rings is 1. The van der Waals surface area contributed by atoms with Gasteiger partial charge in [-0.2, -0.15) is 0 Å². The second-order valence-corrected chi connectivity index (χ2v) is 5.87. The Hall–Kier alpha value is -2.56. The highest BCUT2D eigenvalue weighted by Crippen LogP contribution is 2.11. The molecule has 24 heavy (non-hydrogen) atoms. The molecule has 0 fully saturated rings. The average molecular weight is 326 g/mol. The van der Waals surface area contributed by atoms with Crippen molar-refractivity contribution >= 4 is 5.96 Å². The molecule has 1 aromatic carbocycles. The third-order valence-electron chi connectivity index (χ3n) is 3.49. The van der Waals surface area contributed by atoms with Gasteiger partial charge in [-0.1, -0.05) is 36.4 Å². The molecule has 0 aliphatic rings. The Balaban J connectivity index is 1.87. The van der Waals surface area contributed by atoms with Crippen molar-refractivity contribution in [1.29, 1.82) is 0 Å². The number of ether oxygens (including phenoxy) is 1. The van der Waals surface area contributed by atoms with Gasteiger partial charge in [0.15, 0.2) is 5.96 Å². The van der Waals surface area contributed by atoms with Crippen molar-refractivity contribution in [2.75, 3.05) is 7.05 Å². The molecule has 0 bridgehead atoms. The number of guanidine groups is 1. The summed E-state index contributed by atoms with van der Waals surface area (Å²) in [5.41, 5.74) is 2.29. The van der Waals surface area contributed by atoms with Crippen molar-refractivity contribution in [3.8, 4) is 5.88 Å². The lowest BCUT2D eigenvalue weighted by molar-refractivity contribution is 0.232. The van der Waals surface area contributed by atoms with Crippen LogP contribution in [-0.4, -0.2) is 24.1 Å². The fourth-order valence-corrected chi connectivity index (χ4v) is 2.24. The summed E-state index contributed by atoms with van der Waals surface area (Å²) in [6.07, 6.45) is 1.95. The van der Waals surface area contributed by atoms with Crippen LogP contribution in [0.3, 0.4) is 0 Å². The number of nitrogens with one attached hydrogen (secondary N) is 2. The van der Waals surface area contributed by atoms with Crippen molar-refractivity contribution in [2.45, 2.75) is 39.5 Å². The van der Waals surface area contributed by atoms with Crippen LogP contribution in [0.25, 0.3) is 0 Å². The summed E-state index contributed by atoms with van der Waals surface area (Å²) in [7, 11) is 1.77. The minimum absolute atomic E-state index is 0.129. The molecule has 0 saturated carbocycles. The topological polar surface area (TPSA) is 58.5 Å². The Morgan fingerprint density at radius 3 is 2.46 bits per heavy atom. The van der Waals surface area contributed by atoms with E-state index in [1.807, 2.05) is 50.4 Å². The summed E-state index contributed by atoms with van der Waals surface area (Å²) in [6.45, 7) is 6.74. The van der Waals surface area contributed by atoms with Crippen molar-refractivity contribution in [3.63, 3.8) is 0 Å². The van der Waals surface area contributed by atoms with Crippen molar-refractivity contribution in [1.82, 2.24) is 15.6 Å². The molecule has 0 spiro atoms. The lowest BCUT2D eigenvalue weighted by Crippen LogP contribution is -2.38. The third-order valence-corrected chi connectivity index (χ3v) is 3.49. The summed E-state index contributed by atoms with van der Waals surface area (Å²) in [5.74, 6) is 1.41. The molecule has 0 aliphatic carbocycles. The first-order chi connectivity index (χ1) is 11.6. The minimum atomic E-state index is 0.129. The van der Waals surface area contributed by atoms with E-state index < -0.39 is 0 Å². The third kappa shape index (κ3) is 5.57. The first kappa shape index (κ1) is 17.8. The van der Waals surface area contributed by atoms with Gasteiger partial charge in [-0.15, -0.1) is 0 Å². The zero-order valence-electron chi connectivity index (χ0n) is 14.8. The molecular formula is C19H26N4O. The molecule has 2 N–H and O–H groups in total. The molecule has 5 nitrogen and oxygen atoms in total. The maximum Gasteiger partial charge on any atom is 0.213 e. The number of hydrogen-bond donors (Lipinski definition) is 2. The predicted molar refractivity (Wildman–Crippen MR) is 98.2 cm³/mol. The Bertz CT molecular complexity index is 638. The van der Waals surface area contributed by atoms with Gasteiger partial charge in [-0.3, -0.25) is 4.99 Å². The molecule has 0 radical (unpaired) electrons. The normalized spacial score (nSPS) is 12.8. The van der Waals surface area contributed by atoms with Gasteiger partial charge in [-0.25, -0.2) is 4.98 Å². The maximum atomic E-state index is 5.55. The largest absolute Gasteiger partial charge is 0.475 e. The van der Waals surface area contributed by atoms with E-state index in [9.17, 15) is 0 Å². The molecule has 0 amide bonds. The molecular weight excluding hydrogens is 300 g/mol. The van der Waals surface area contributed by atoms with Gasteiger partial charge in [0.1, 0.15) is 0 Å². The minimum Gasteiger partial charge on any atom is -0.475 e. The van der Waals surface area contributed by atoms with E-state index in [1.54, 1.807) is 7.05 Å². The second kappa shape index (κ2) is 8.91. The average Bonchev–Trinajstić information content (AvgIpc) is 2.60. The number of hydrogen-bond acceptors (Lipinski definition) is 3. The van der Waals surface area contributed by atoms with Gasteiger partial charge in [0, 0.05) is 25.9 Å². The van der Waals surface area contributed by atoms with Crippen LogP contribution in [0.1, 0.15) is 37.9 Å². The lowest BCUT2D eigenvalue weighted by atomic mass is 10.1. The summed E-state index contributed by atoms with van der Waals surface area (Å²) in [4.78, 5) is 8.58. The smallest absolute Gasteiger partial charge is 0.213 e. The molecule has 1 atom stereocenters. The quantitative estimate of drug-likeness (QED) is 0.632. The van der Waals surface area contributed by atoms with E-state index in [0.717, 1.165) is 11.5 Å². The van der Waals surface area contributed by atoms with E-state index in [1.165, 1.54) is 5.56 Å². The lowest BCUT2D eigenvalue weighted by Gasteiger charge is -2.18. The summed E-state index contributed by atoms with van der Waals surface area (Å²) in [6, 6.07) is 14.4. The summed E-state index contributed by atoms with van der Waals surface area (Å²) < 4.78 is 5.55. The van der Waals surface area contributed by atoms with Crippen LogP contribution < -0.4 is 15.4 Å². The van der Waals surface area contributed by atoms with Gasteiger partial charge in [0.2, 0.25) is 5.88 Å². The number of nitrogens with zero attached hydrogens (tertiary/aromatic N) is 2. The zero-order valence-corrected chi connectivity index (χ0v) is 14.8. The summed E-state index contributed by atoms with van der Waals surface area (Å²) in [5, 5.41) is 6.69.